The van der Waals surface area contributed by atoms with Crippen LogP contribution >= 0.6 is 0 Å². The molecule has 3 unspecified atom stereocenters. The molecule has 15 heteroatoms. The lowest BCUT2D eigenvalue weighted by Crippen LogP contribution is -2.57. The number of hydrogen-bond donors (Lipinski definition) is 2. The molecule has 2 aromatic heterocycles. The van der Waals surface area contributed by atoms with Crippen LogP contribution in [-0.2, 0) is 29.2 Å². The van der Waals surface area contributed by atoms with Gasteiger partial charge in [-0.15, -0.1) is 6.58 Å². The van der Waals surface area contributed by atoms with Crippen LogP contribution in [0.4, 0.5) is 0 Å². The zero-order valence-corrected chi connectivity index (χ0v) is 34.3. The van der Waals surface area contributed by atoms with Crippen molar-refractivity contribution in [2.24, 2.45) is 23.2 Å². The monoisotopic (exact) mass is 812 g/mol. The Morgan fingerprint density at radius 2 is 1.81 bits per heavy atom. The summed E-state index contributed by atoms with van der Waals surface area (Å²) in [7, 11) is -2.33. The molecule has 0 radical (unpaired) electrons. The molecule has 58 heavy (non-hydrogen) atoms. The van der Waals surface area contributed by atoms with E-state index >= 15 is 0 Å². The summed E-state index contributed by atoms with van der Waals surface area (Å²) in [6.07, 6.45) is 6.75. The highest BCUT2D eigenvalue weighted by Gasteiger charge is 2.62. The number of hydrogen-bond acceptors (Lipinski definition) is 10. The maximum atomic E-state index is 15.0. The molecule has 5 fully saturated rings. The summed E-state index contributed by atoms with van der Waals surface area (Å²) in [6, 6.07) is 11.8. The van der Waals surface area contributed by atoms with Crippen molar-refractivity contribution in [2.75, 3.05) is 20.2 Å². The molecule has 8 rings (SSSR count). The molecule has 3 aliphatic carbocycles. The molecule has 2 aliphatic heterocycles. The zero-order chi connectivity index (χ0) is 41.1. The number of piperidine rings is 1. The molecule has 2 N–H and O–H groups in total. The predicted octanol–water partition coefficient (Wildman–Crippen LogP) is 4.39. The quantitative estimate of drug-likeness (QED) is 0.236. The third-order valence-electron chi connectivity index (χ3n) is 12.7. The highest BCUT2D eigenvalue weighted by Crippen LogP contribution is 2.46. The first kappa shape index (κ1) is 39.8. The van der Waals surface area contributed by atoms with Crippen LogP contribution in [-0.4, -0.2) is 101 Å². The van der Waals surface area contributed by atoms with E-state index in [1.807, 2.05) is 49.9 Å². The maximum Gasteiger partial charge on any atom is 0.259 e. The Morgan fingerprint density at radius 1 is 1.02 bits per heavy atom. The standard InChI is InChI=1S/C43H52N6O8S/c1-6-26-22-43(26,41(53)47-58(54,55)30-13-14-30)46-39(51)36-19-29(24-49(36)40(52)32(42(2,3)4)20-38(50)48-23-25-10-11-27(48)17-25)57-37-21-35(33-9-7-8-16-44-33)45-34-18-28(56-5)12-15-31(34)37/h6-9,12,15-16,18,21,25-27,29-30,32,36H,1,10-11,13-14,17,19-20,22-24H2,2-5H3,(H,46,51)(H,47,53)/t25?,26?,27?,29-,32-,36+,43-/m1/s1. The second-order valence-electron chi connectivity index (χ2n) is 17.8. The van der Waals surface area contributed by atoms with Crippen LogP contribution < -0.4 is 19.5 Å². The number of rotatable bonds is 13. The number of benzene rings is 1. The molecule has 4 heterocycles. The second kappa shape index (κ2) is 15.0. The molecule has 308 valence electrons. The third-order valence-corrected chi connectivity index (χ3v) is 14.6. The van der Waals surface area contributed by atoms with Gasteiger partial charge >= 0.3 is 0 Å². The molecule has 14 nitrogen and oxygen atoms in total. The number of carbonyl (C=O) groups excluding carboxylic acids is 4. The van der Waals surface area contributed by atoms with Gasteiger partial charge in [-0.3, -0.25) is 28.9 Å². The van der Waals surface area contributed by atoms with E-state index in [1.165, 1.54) is 11.0 Å². The Bertz CT molecular complexity index is 2260. The van der Waals surface area contributed by atoms with Crippen LogP contribution in [0.2, 0.25) is 0 Å². The maximum absolute atomic E-state index is 15.0. The van der Waals surface area contributed by atoms with Gasteiger partial charge in [-0.25, -0.2) is 13.4 Å². The molecule has 4 amide bonds. The largest absolute Gasteiger partial charge is 0.497 e. The molecule has 3 saturated carbocycles. The first-order chi connectivity index (χ1) is 27.6. The molecule has 3 aromatic rings. The van der Waals surface area contributed by atoms with Gasteiger partial charge in [-0.1, -0.05) is 32.9 Å². The molecule has 1 aromatic carbocycles. The topological polar surface area (TPSA) is 177 Å². The van der Waals surface area contributed by atoms with Gasteiger partial charge in [0.2, 0.25) is 27.7 Å². The smallest absolute Gasteiger partial charge is 0.259 e. The fourth-order valence-corrected chi connectivity index (χ4v) is 10.5. The molecule has 5 aliphatic rings. The Kier molecular flexibility index (Phi) is 10.3. The van der Waals surface area contributed by atoms with Gasteiger partial charge in [0.05, 0.1) is 41.7 Å². The van der Waals surface area contributed by atoms with Gasteiger partial charge in [0, 0.05) is 55.1 Å². The number of methoxy groups -OCH3 is 1. The van der Waals surface area contributed by atoms with E-state index < -0.39 is 62.0 Å². The number of pyridine rings is 2. The van der Waals surface area contributed by atoms with Crippen molar-refractivity contribution in [3.63, 3.8) is 0 Å². The molecule has 0 spiro atoms. The fourth-order valence-electron chi connectivity index (χ4n) is 9.11. The highest BCUT2D eigenvalue weighted by molar-refractivity contribution is 7.91. The number of carbonyl (C=O) groups is 4. The number of ether oxygens (including phenoxy) is 2. The molecule has 2 saturated heterocycles. The highest BCUT2D eigenvalue weighted by atomic mass is 32.2. The normalized spacial score (nSPS) is 26.9. The van der Waals surface area contributed by atoms with Crippen LogP contribution in [0, 0.1) is 23.2 Å². The minimum atomic E-state index is -3.90. The average Bonchev–Trinajstić information content (AvgIpc) is 4.04. The van der Waals surface area contributed by atoms with Crippen LogP contribution in [0.15, 0.2) is 61.3 Å². The van der Waals surface area contributed by atoms with Crippen molar-refractivity contribution in [2.45, 2.75) is 101 Å². The number of sulfonamides is 1. The number of fused-ring (bicyclic) bond motifs is 3. The predicted molar refractivity (Wildman–Crippen MR) is 216 cm³/mol. The van der Waals surface area contributed by atoms with E-state index in [0.29, 0.717) is 59.1 Å². The van der Waals surface area contributed by atoms with Crippen LogP contribution in [0.5, 0.6) is 11.5 Å². The lowest BCUT2D eigenvalue weighted by molar-refractivity contribution is -0.149. The zero-order valence-electron chi connectivity index (χ0n) is 33.5. The second-order valence-corrected chi connectivity index (χ2v) is 19.7. The fraction of sp³-hybridized carbons (Fsp3) is 0.535. The van der Waals surface area contributed by atoms with E-state index in [4.69, 9.17) is 14.5 Å². The summed E-state index contributed by atoms with van der Waals surface area (Å²) < 4.78 is 40.1. The molecular weight excluding hydrogens is 761 g/mol. The van der Waals surface area contributed by atoms with E-state index in [9.17, 15) is 27.6 Å². The Labute approximate surface area is 339 Å². The Hall–Kier alpha value is -5.05. The van der Waals surface area contributed by atoms with Gasteiger partial charge in [0.15, 0.2) is 0 Å². The van der Waals surface area contributed by atoms with Crippen molar-refractivity contribution >= 4 is 44.6 Å². The SMILES string of the molecule is C=CC1C[C@]1(NC(=O)[C@@H]1C[C@@H](Oc2cc(-c3ccccn3)nc3cc(OC)ccc23)CN1C(=O)[C@@H](CC(=O)N1CC2CCC1C2)C(C)(C)C)C(=O)NS(=O)(=O)C1CC1. The Morgan fingerprint density at radius 3 is 2.43 bits per heavy atom. The van der Waals surface area contributed by atoms with Gasteiger partial charge in [-0.05, 0) is 74.1 Å². The van der Waals surface area contributed by atoms with E-state index in [-0.39, 0.29) is 43.7 Å². The number of likely N-dealkylation sites (tertiary alicyclic amines) is 2. The van der Waals surface area contributed by atoms with Crippen molar-refractivity contribution in [1.29, 1.82) is 0 Å². The van der Waals surface area contributed by atoms with Crippen LogP contribution in [0.25, 0.3) is 22.3 Å². The van der Waals surface area contributed by atoms with Crippen molar-refractivity contribution in [3.8, 4) is 22.9 Å². The summed E-state index contributed by atoms with van der Waals surface area (Å²) in [4.78, 5) is 69.8. The molecule has 7 atom stereocenters. The summed E-state index contributed by atoms with van der Waals surface area (Å²) in [5.74, 6) is -1.56. The minimum absolute atomic E-state index is 0.00388. The first-order valence-corrected chi connectivity index (χ1v) is 21.8. The van der Waals surface area contributed by atoms with Gasteiger partial charge < -0.3 is 24.6 Å². The van der Waals surface area contributed by atoms with Gasteiger partial charge in [0.25, 0.3) is 5.91 Å². The van der Waals surface area contributed by atoms with Crippen LogP contribution in [0.3, 0.4) is 0 Å². The van der Waals surface area contributed by atoms with E-state index in [2.05, 4.69) is 21.6 Å². The first-order valence-electron chi connectivity index (χ1n) is 20.3. The van der Waals surface area contributed by atoms with Crippen molar-refractivity contribution < 1.29 is 37.1 Å². The van der Waals surface area contributed by atoms with Crippen molar-refractivity contribution in [3.05, 3.63) is 61.3 Å². The number of amides is 4. The summed E-state index contributed by atoms with van der Waals surface area (Å²) in [6.45, 7) is 10.3. The molecule has 2 bridgehead atoms. The summed E-state index contributed by atoms with van der Waals surface area (Å²) in [5.41, 5.74) is -0.419. The van der Waals surface area contributed by atoms with Gasteiger partial charge in [-0.2, -0.15) is 0 Å². The average molecular weight is 813 g/mol. The lowest BCUT2D eigenvalue weighted by Gasteiger charge is -2.36. The van der Waals surface area contributed by atoms with Crippen LogP contribution in [0.1, 0.15) is 72.1 Å². The number of aromatic nitrogens is 2. The number of nitrogens with zero attached hydrogens (tertiary/aromatic N) is 4. The number of nitrogens with one attached hydrogen (secondary N) is 2. The minimum Gasteiger partial charge on any atom is -0.497 e. The van der Waals surface area contributed by atoms with E-state index in [0.717, 1.165) is 19.3 Å². The summed E-state index contributed by atoms with van der Waals surface area (Å²) >= 11 is 0. The third kappa shape index (κ3) is 7.64. The van der Waals surface area contributed by atoms with E-state index in [1.54, 1.807) is 31.5 Å². The van der Waals surface area contributed by atoms with Gasteiger partial charge in [0.1, 0.15) is 29.2 Å². The molecular formula is C43H52N6O8S. The summed E-state index contributed by atoms with van der Waals surface area (Å²) in [5, 5.41) is 2.92. The van der Waals surface area contributed by atoms with Crippen molar-refractivity contribution in [1.82, 2.24) is 29.8 Å². The lowest BCUT2D eigenvalue weighted by atomic mass is 9.77. The Balaban J connectivity index is 1.11.